The molecule has 0 amide bonds. The highest BCUT2D eigenvalue weighted by Crippen LogP contribution is 2.44. The van der Waals surface area contributed by atoms with Crippen LogP contribution in [0, 0.1) is 11.8 Å². The molecule has 0 radical (unpaired) electrons. The van der Waals surface area contributed by atoms with Crippen LogP contribution in [-0.2, 0) is 22.4 Å². The number of ketones is 2. The summed E-state index contributed by atoms with van der Waals surface area (Å²) in [4.78, 5) is 28.7. The second kappa shape index (κ2) is 18.0. The Bertz CT molecular complexity index is 1330. The Hall–Kier alpha value is -3.56. The lowest BCUT2D eigenvalue weighted by Crippen LogP contribution is -2.30. The zero-order valence-corrected chi connectivity index (χ0v) is 27.3. The molecule has 0 spiro atoms. The molecule has 252 valence electrons. The van der Waals surface area contributed by atoms with E-state index in [1.54, 1.807) is 6.07 Å². The van der Waals surface area contributed by atoms with E-state index in [9.17, 15) is 24.9 Å². The van der Waals surface area contributed by atoms with Crippen molar-refractivity contribution in [3.63, 3.8) is 0 Å². The summed E-state index contributed by atoms with van der Waals surface area (Å²) in [5, 5.41) is 35.5. The molecule has 3 unspecified atom stereocenters. The van der Waals surface area contributed by atoms with E-state index in [-0.39, 0.29) is 43.3 Å². The number of Topliss-reactive ketones (excluding diaryl/α,β-unsaturated/α-hetero) is 2. The number of hydrogen-bond donors (Lipinski definition) is 6. The first-order valence-corrected chi connectivity index (χ1v) is 17.1. The summed E-state index contributed by atoms with van der Waals surface area (Å²) in [5.41, 5.74) is 9.17. The molecular weight excluding hydrogens is 582 g/mol. The van der Waals surface area contributed by atoms with Crippen molar-refractivity contribution in [3.05, 3.63) is 70.8 Å². The number of carbonyl (C=O) groups is 2. The normalized spacial score (nSPS) is 17.4. The minimum absolute atomic E-state index is 0.0301. The number of aromatic hydroxyl groups is 1. The molecule has 2 heterocycles. The third kappa shape index (κ3) is 9.97. The molecule has 1 aromatic carbocycles. The number of aliphatic hydroxyl groups excluding tert-OH is 2. The topological polar surface area (TPSA) is 158 Å². The molecule has 7 N–H and O–H groups in total. The van der Waals surface area contributed by atoms with Gasteiger partial charge in [-0.3, -0.25) is 9.59 Å². The number of unbranched alkanes of at least 4 members (excludes halogenated alkanes) is 3. The number of allylic oxidation sites excluding steroid dienone is 2. The number of nitrogens with two attached hydrogens (primary N) is 1. The second-order valence-electron chi connectivity index (χ2n) is 13.0. The van der Waals surface area contributed by atoms with Crippen molar-refractivity contribution in [2.75, 3.05) is 20.3 Å². The molecule has 0 bridgehead atoms. The minimum atomic E-state index is -1.62. The van der Waals surface area contributed by atoms with Gasteiger partial charge in [-0.05, 0) is 66.5 Å². The maximum absolute atomic E-state index is 12.9. The van der Waals surface area contributed by atoms with Gasteiger partial charge in [-0.15, -0.1) is 0 Å². The van der Waals surface area contributed by atoms with Crippen LogP contribution in [0.3, 0.4) is 0 Å². The number of aryl methyl sites for hydroxylation is 1. The average Bonchev–Trinajstić information content (AvgIpc) is 3.59. The Labute approximate surface area is 273 Å². The van der Waals surface area contributed by atoms with Crippen LogP contribution >= 0.6 is 0 Å². The maximum Gasteiger partial charge on any atom is 0.170 e. The summed E-state index contributed by atoms with van der Waals surface area (Å²) in [6, 6.07) is 7.34. The molecule has 0 saturated heterocycles. The molecule has 2 aromatic rings. The van der Waals surface area contributed by atoms with E-state index in [1.165, 1.54) is 52.1 Å². The van der Waals surface area contributed by atoms with Crippen LogP contribution in [0.5, 0.6) is 11.5 Å². The molecule has 1 aliphatic heterocycles. The van der Waals surface area contributed by atoms with Gasteiger partial charge >= 0.3 is 0 Å². The summed E-state index contributed by atoms with van der Waals surface area (Å²) in [6.07, 6.45) is 16.9. The summed E-state index contributed by atoms with van der Waals surface area (Å²) in [7, 11) is 1.46. The smallest absolute Gasteiger partial charge is 0.170 e. The molecule has 46 heavy (non-hydrogen) atoms. The highest BCUT2D eigenvalue weighted by atomic mass is 16.5. The van der Waals surface area contributed by atoms with Crippen molar-refractivity contribution >= 4 is 11.6 Å². The lowest BCUT2D eigenvalue weighted by Gasteiger charge is -2.30. The molecule has 1 saturated carbocycles. The number of H-pyrrole nitrogens is 1. The van der Waals surface area contributed by atoms with Crippen LogP contribution < -0.4 is 15.8 Å². The third-order valence-electron chi connectivity index (χ3n) is 9.68. The largest absolute Gasteiger partial charge is 0.504 e. The molecule has 2 aliphatic rings. The van der Waals surface area contributed by atoms with E-state index in [4.69, 9.17) is 10.5 Å². The summed E-state index contributed by atoms with van der Waals surface area (Å²) in [5.74, 6) is -0.128. The quantitative estimate of drug-likeness (QED) is 0.0891. The molecule has 1 aromatic heterocycles. The Balaban J connectivity index is 1.39. The molecule has 4 rings (SSSR count). The Morgan fingerprint density at radius 2 is 1.83 bits per heavy atom. The Kier molecular flexibility index (Phi) is 13.8. The number of ether oxygens (including phenoxy) is 1. The molecule has 9 heteroatoms. The number of hydrogen-bond acceptors (Lipinski definition) is 8. The summed E-state index contributed by atoms with van der Waals surface area (Å²) in [6.45, 7) is 0.356. The van der Waals surface area contributed by atoms with Gasteiger partial charge in [0.1, 0.15) is 0 Å². The number of aromatic amines is 1. The van der Waals surface area contributed by atoms with Crippen LogP contribution in [0.25, 0.3) is 0 Å². The highest BCUT2D eigenvalue weighted by Gasteiger charge is 2.31. The van der Waals surface area contributed by atoms with E-state index in [0.29, 0.717) is 36.3 Å². The van der Waals surface area contributed by atoms with E-state index < -0.39 is 23.6 Å². The Morgan fingerprint density at radius 3 is 2.52 bits per heavy atom. The van der Waals surface area contributed by atoms with Crippen molar-refractivity contribution in [2.24, 2.45) is 17.6 Å². The maximum atomic E-state index is 12.9. The third-order valence-corrected chi connectivity index (χ3v) is 9.68. The molecule has 1 aliphatic carbocycles. The number of phenols is 1. The first kappa shape index (κ1) is 35.3. The van der Waals surface area contributed by atoms with E-state index in [1.807, 2.05) is 36.5 Å². The van der Waals surface area contributed by atoms with Crippen molar-refractivity contribution in [1.29, 1.82) is 0 Å². The number of methoxy groups -OCH3 is 1. The first-order chi connectivity index (χ1) is 22.3. The fraction of sp³-hybridized carbons (Fsp3) is 0.568. The zero-order chi connectivity index (χ0) is 32.9. The predicted octanol–water partition coefficient (Wildman–Crippen LogP) is 5.35. The van der Waals surface area contributed by atoms with Gasteiger partial charge < -0.3 is 36.1 Å². The number of benzene rings is 1. The lowest BCUT2D eigenvalue weighted by molar-refractivity contribution is -0.138. The average molecular weight is 636 g/mol. The monoisotopic (exact) mass is 635 g/mol. The SMILES string of the molecule is COc1cc(CCC(=O)C(O)C(=O)CCCCCCC2CCCCC2)cc(C(C2=CCNC(N)=C2)C(CO)Cc2ccc[nH]2)c1O. The van der Waals surface area contributed by atoms with Gasteiger partial charge in [0.2, 0.25) is 0 Å². The molecule has 1 fully saturated rings. The minimum Gasteiger partial charge on any atom is -0.504 e. The number of aromatic nitrogens is 1. The number of aliphatic hydroxyl groups is 2. The van der Waals surface area contributed by atoms with Crippen LogP contribution in [0.15, 0.2) is 54.0 Å². The summed E-state index contributed by atoms with van der Waals surface area (Å²) >= 11 is 0. The van der Waals surface area contributed by atoms with Crippen LogP contribution in [-0.4, -0.2) is 58.2 Å². The van der Waals surface area contributed by atoms with Crippen molar-refractivity contribution in [3.8, 4) is 11.5 Å². The molecule has 3 atom stereocenters. The van der Waals surface area contributed by atoms with Crippen LogP contribution in [0.4, 0.5) is 0 Å². The van der Waals surface area contributed by atoms with Gasteiger partial charge in [-0.25, -0.2) is 0 Å². The van der Waals surface area contributed by atoms with E-state index in [0.717, 1.165) is 30.0 Å². The molecular formula is C37H53N3O6. The lowest BCUT2D eigenvalue weighted by atomic mass is 9.76. The number of rotatable bonds is 19. The number of dihydropyridines is 1. The van der Waals surface area contributed by atoms with Crippen molar-refractivity contribution in [1.82, 2.24) is 10.3 Å². The predicted molar refractivity (Wildman–Crippen MR) is 179 cm³/mol. The molecule has 9 nitrogen and oxygen atoms in total. The second-order valence-corrected chi connectivity index (χ2v) is 13.0. The van der Waals surface area contributed by atoms with Crippen LogP contribution in [0.1, 0.15) is 99.8 Å². The number of carbonyl (C=O) groups excluding carboxylic acids is 2. The highest BCUT2D eigenvalue weighted by molar-refractivity contribution is 6.05. The number of phenolic OH excluding ortho intramolecular Hbond substituents is 1. The van der Waals surface area contributed by atoms with Gasteiger partial charge in [0, 0.05) is 49.4 Å². The van der Waals surface area contributed by atoms with Gasteiger partial charge in [0.25, 0.3) is 0 Å². The number of nitrogens with one attached hydrogen (secondary N) is 2. The van der Waals surface area contributed by atoms with Crippen molar-refractivity contribution in [2.45, 2.75) is 102 Å². The van der Waals surface area contributed by atoms with Gasteiger partial charge in [0.15, 0.2) is 29.2 Å². The summed E-state index contributed by atoms with van der Waals surface area (Å²) < 4.78 is 5.52. The fourth-order valence-corrected chi connectivity index (χ4v) is 7.07. The first-order valence-electron chi connectivity index (χ1n) is 17.1. The van der Waals surface area contributed by atoms with Crippen molar-refractivity contribution < 1.29 is 29.6 Å². The standard InChI is InChI=1S/C37H53N3O6/c1-46-33-21-26(15-16-32(43)37(45)31(42)14-8-3-2-5-10-25-11-6-4-7-12-25)20-30(36(33)44)35(27-17-19-40-34(38)23-27)28(24-41)22-29-13-9-18-39-29/h9,13,17-18,20-21,23,25,28,35,37,39-41,44-45H,2-8,10-12,14-16,19,22,24,38H2,1H3. The fourth-order valence-electron chi connectivity index (χ4n) is 7.07. The van der Waals surface area contributed by atoms with Gasteiger partial charge in [-0.2, -0.15) is 0 Å². The van der Waals surface area contributed by atoms with Gasteiger partial charge in [-0.1, -0.05) is 69.9 Å². The van der Waals surface area contributed by atoms with Gasteiger partial charge in [0.05, 0.1) is 12.9 Å². The van der Waals surface area contributed by atoms with Crippen LogP contribution in [0.2, 0.25) is 0 Å². The van der Waals surface area contributed by atoms with E-state index in [2.05, 4.69) is 10.3 Å². The van der Waals surface area contributed by atoms with E-state index >= 15 is 0 Å². The Morgan fingerprint density at radius 1 is 1.07 bits per heavy atom. The zero-order valence-electron chi connectivity index (χ0n) is 27.3.